The van der Waals surface area contributed by atoms with Crippen molar-refractivity contribution >= 4 is 11.6 Å². The van der Waals surface area contributed by atoms with Gasteiger partial charge in [-0.3, -0.25) is 9.97 Å². The normalized spacial score (nSPS) is 10.4. The van der Waals surface area contributed by atoms with E-state index in [0.29, 0.717) is 0 Å². The highest BCUT2D eigenvalue weighted by atomic mass is 35.5. The van der Waals surface area contributed by atoms with Gasteiger partial charge in [0.05, 0.1) is 11.4 Å². The van der Waals surface area contributed by atoms with E-state index in [0.717, 1.165) is 11.4 Å². The van der Waals surface area contributed by atoms with E-state index in [1.165, 1.54) is 0 Å². The number of aromatic nitrogens is 2. The van der Waals surface area contributed by atoms with Crippen LogP contribution in [-0.4, -0.2) is 9.97 Å². The van der Waals surface area contributed by atoms with Crippen molar-refractivity contribution in [1.29, 1.82) is 0 Å². The highest BCUT2D eigenvalue weighted by Gasteiger charge is 2.11. The summed E-state index contributed by atoms with van der Waals surface area (Å²) in [6.07, 6.45) is 3.46. The van der Waals surface area contributed by atoms with Gasteiger partial charge in [-0.25, -0.2) is 0 Å². The van der Waals surface area contributed by atoms with E-state index in [1.807, 2.05) is 36.4 Å². The second-order valence-electron chi connectivity index (χ2n) is 2.87. The van der Waals surface area contributed by atoms with E-state index < -0.39 is 0 Å². The number of hydrogen-bond acceptors (Lipinski definition) is 2. The molecule has 2 heterocycles. The van der Waals surface area contributed by atoms with E-state index >= 15 is 0 Å². The van der Waals surface area contributed by atoms with Crippen LogP contribution in [0.25, 0.3) is 0 Å². The molecule has 0 spiro atoms. The van der Waals surface area contributed by atoms with Crippen molar-refractivity contribution in [2.24, 2.45) is 0 Å². The number of alkyl halides is 1. The molecule has 3 heteroatoms. The Morgan fingerprint density at radius 3 is 1.71 bits per heavy atom. The lowest BCUT2D eigenvalue weighted by Crippen LogP contribution is -1.97. The third-order valence-corrected chi connectivity index (χ3v) is 2.34. The molecule has 0 N–H and O–H groups in total. The van der Waals surface area contributed by atoms with Gasteiger partial charge in [-0.2, -0.15) is 0 Å². The van der Waals surface area contributed by atoms with Crippen LogP contribution in [0, 0.1) is 0 Å². The molecule has 0 aliphatic carbocycles. The second-order valence-corrected chi connectivity index (χ2v) is 3.31. The molecule has 70 valence electrons. The van der Waals surface area contributed by atoms with Crippen molar-refractivity contribution in [3.05, 3.63) is 60.2 Å². The van der Waals surface area contributed by atoms with E-state index in [2.05, 4.69) is 9.97 Å². The molecule has 2 rings (SSSR count). The zero-order chi connectivity index (χ0) is 9.80. The number of nitrogens with zero attached hydrogens (tertiary/aromatic N) is 2. The van der Waals surface area contributed by atoms with Gasteiger partial charge < -0.3 is 0 Å². The summed E-state index contributed by atoms with van der Waals surface area (Å²) in [5, 5.41) is -0.266. The minimum atomic E-state index is -0.266. The summed E-state index contributed by atoms with van der Waals surface area (Å²) < 4.78 is 0. The van der Waals surface area contributed by atoms with Crippen LogP contribution in [0.3, 0.4) is 0 Å². The number of rotatable bonds is 2. The molecule has 0 atom stereocenters. The molecule has 2 aromatic rings. The Balaban J connectivity index is 2.30. The lowest BCUT2D eigenvalue weighted by atomic mass is 10.2. The average Bonchev–Trinajstić information content (AvgIpc) is 2.30. The first-order chi connectivity index (χ1) is 6.88. The molecule has 14 heavy (non-hydrogen) atoms. The summed E-state index contributed by atoms with van der Waals surface area (Å²) in [7, 11) is 0. The van der Waals surface area contributed by atoms with Gasteiger partial charge in [0.25, 0.3) is 0 Å². The third-order valence-electron chi connectivity index (χ3n) is 1.89. The molecule has 0 amide bonds. The zero-order valence-electron chi connectivity index (χ0n) is 7.47. The van der Waals surface area contributed by atoms with Crippen LogP contribution in [0.5, 0.6) is 0 Å². The molecule has 2 aromatic heterocycles. The zero-order valence-corrected chi connectivity index (χ0v) is 8.22. The smallest absolute Gasteiger partial charge is 0.118 e. The fraction of sp³-hybridized carbons (Fsp3) is 0.0909. The number of halogens is 1. The average molecular weight is 205 g/mol. The van der Waals surface area contributed by atoms with Gasteiger partial charge in [-0.1, -0.05) is 12.1 Å². The van der Waals surface area contributed by atoms with Crippen molar-refractivity contribution in [3.8, 4) is 0 Å². The van der Waals surface area contributed by atoms with E-state index in [1.54, 1.807) is 12.4 Å². The van der Waals surface area contributed by atoms with Crippen molar-refractivity contribution in [2.45, 2.75) is 5.38 Å². The van der Waals surface area contributed by atoms with E-state index in [9.17, 15) is 0 Å². The van der Waals surface area contributed by atoms with Gasteiger partial charge in [-0.05, 0) is 24.3 Å². The molecular formula is C11H9ClN2. The molecule has 0 unspecified atom stereocenters. The monoisotopic (exact) mass is 204 g/mol. The maximum Gasteiger partial charge on any atom is 0.118 e. The molecule has 0 saturated carbocycles. The fourth-order valence-corrected chi connectivity index (χ4v) is 1.46. The Kier molecular flexibility index (Phi) is 2.75. The van der Waals surface area contributed by atoms with Crippen LogP contribution in [0.1, 0.15) is 16.8 Å². The van der Waals surface area contributed by atoms with Gasteiger partial charge in [0.2, 0.25) is 0 Å². The van der Waals surface area contributed by atoms with Gasteiger partial charge in [0.1, 0.15) is 5.38 Å². The van der Waals surface area contributed by atoms with Crippen molar-refractivity contribution in [2.75, 3.05) is 0 Å². The maximum absolute atomic E-state index is 6.21. The first kappa shape index (κ1) is 9.16. The predicted molar refractivity (Wildman–Crippen MR) is 56.2 cm³/mol. The Morgan fingerprint density at radius 1 is 0.857 bits per heavy atom. The van der Waals surface area contributed by atoms with Gasteiger partial charge >= 0.3 is 0 Å². The Bertz CT molecular complexity index is 349. The molecule has 0 fully saturated rings. The van der Waals surface area contributed by atoms with Crippen LogP contribution < -0.4 is 0 Å². The molecule has 2 nitrogen and oxygen atoms in total. The minimum absolute atomic E-state index is 0.266. The molecule has 0 aliphatic rings. The van der Waals surface area contributed by atoms with E-state index in [-0.39, 0.29) is 5.38 Å². The summed E-state index contributed by atoms with van der Waals surface area (Å²) in [6, 6.07) is 11.4. The molecule has 0 saturated heterocycles. The fourth-order valence-electron chi connectivity index (χ4n) is 1.20. The molecule has 0 aromatic carbocycles. The molecule has 0 aliphatic heterocycles. The van der Waals surface area contributed by atoms with Crippen molar-refractivity contribution < 1.29 is 0 Å². The Hall–Kier alpha value is -1.41. The molecule has 0 radical (unpaired) electrons. The largest absolute Gasteiger partial charge is 0.259 e. The van der Waals surface area contributed by atoms with Crippen LogP contribution in [0.4, 0.5) is 0 Å². The minimum Gasteiger partial charge on any atom is -0.259 e. The van der Waals surface area contributed by atoms with Gasteiger partial charge in [0, 0.05) is 12.4 Å². The first-order valence-electron chi connectivity index (χ1n) is 4.34. The van der Waals surface area contributed by atoms with Gasteiger partial charge in [0.15, 0.2) is 0 Å². The lowest BCUT2D eigenvalue weighted by Gasteiger charge is -2.06. The first-order valence-corrected chi connectivity index (χ1v) is 4.77. The Morgan fingerprint density at radius 2 is 1.36 bits per heavy atom. The van der Waals surface area contributed by atoms with Crippen LogP contribution in [-0.2, 0) is 0 Å². The Labute approximate surface area is 87.6 Å². The van der Waals surface area contributed by atoms with Crippen molar-refractivity contribution in [3.63, 3.8) is 0 Å². The summed E-state index contributed by atoms with van der Waals surface area (Å²) in [5.74, 6) is 0. The SMILES string of the molecule is ClC(c1ccccn1)c1ccccn1. The quantitative estimate of drug-likeness (QED) is 0.703. The number of hydrogen-bond donors (Lipinski definition) is 0. The molecular weight excluding hydrogens is 196 g/mol. The summed E-state index contributed by atoms with van der Waals surface area (Å²) in [6.45, 7) is 0. The number of pyridine rings is 2. The second kappa shape index (κ2) is 4.20. The van der Waals surface area contributed by atoms with Crippen LogP contribution >= 0.6 is 11.6 Å². The topological polar surface area (TPSA) is 25.8 Å². The third kappa shape index (κ3) is 1.91. The highest BCUT2D eigenvalue weighted by molar-refractivity contribution is 6.22. The van der Waals surface area contributed by atoms with Crippen molar-refractivity contribution in [1.82, 2.24) is 9.97 Å². The van der Waals surface area contributed by atoms with Crippen LogP contribution in [0.2, 0.25) is 0 Å². The van der Waals surface area contributed by atoms with Gasteiger partial charge in [-0.15, -0.1) is 11.6 Å². The lowest BCUT2D eigenvalue weighted by molar-refractivity contribution is 0.980. The standard InChI is InChI=1S/C11H9ClN2/c12-11(9-5-1-3-7-13-9)10-6-2-4-8-14-10/h1-8,11H. The highest BCUT2D eigenvalue weighted by Crippen LogP contribution is 2.24. The van der Waals surface area contributed by atoms with Crippen LogP contribution in [0.15, 0.2) is 48.8 Å². The summed E-state index contributed by atoms with van der Waals surface area (Å²) >= 11 is 6.21. The summed E-state index contributed by atoms with van der Waals surface area (Å²) in [4.78, 5) is 8.37. The predicted octanol–water partition coefficient (Wildman–Crippen LogP) is 2.80. The summed E-state index contributed by atoms with van der Waals surface area (Å²) in [5.41, 5.74) is 1.65. The molecule has 0 bridgehead atoms. The maximum atomic E-state index is 6.21. The van der Waals surface area contributed by atoms with E-state index in [4.69, 9.17) is 11.6 Å².